The van der Waals surface area contributed by atoms with Crippen LogP contribution in [0, 0.1) is 17.2 Å². The van der Waals surface area contributed by atoms with Crippen LogP contribution in [0.2, 0.25) is 0 Å². The Morgan fingerprint density at radius 1 is 1.79 bits per heavy atom. The van der Waals surface area contributed by atoms with Gasteiger partial charge in [-0.1, -0.05) is 6.92 Å². The molecule has 0 saturated carbocycles. The van der Waals surface area contributed by atoms with Crippen molar-refractivity contribution in [3.05, 3.63) is 0 Å². The summed E-state index contributed by atoms with van der Waals surface area (Å²) in [5.74, 6) is 1.68. The normalized spacial score (nSPS) is 22.8. The molecule has 0 aromatic heterocycles. The highest BCUT2D eigenvalue weighted by Gasteiger charge is 2.27. The Balaban J connectivity index is 2.55. The topological polar surface area (TPSA) is 44.1 Å². The van der Waals surface area contributed by atoms with Crippen molar-refractivity contribution >= 4 is 17.7 Å². The van der Waals surface area contributed by atoms with Crippen molar-refractivity contribution in [1.82, 2.24) is 4.90 Å². The van der Waals surface area contributed by atoms with Crippen LogP contribution in [0.4, 0.5) is 0 Å². The minimum absolute atomic E-state index is 0.0116. The van der Waals surface area contributed by atoms with Crippen LogP contribution < -0.4 is 0 Å². The molecule has 1 rings (SSSR count). The fraction of sp³-hybridized carbons (Fsp3) is 0.800. The fourth-order valence-electron chi connectivity index (χ4n) is 1.57. The predicted molar refractivity (Wildman–Crippen MR) is 57.9 cm³/mol. The highest BCUT2D eigenvalue weighted by atomic mass is 32.2. The minimum atomic E-state index is -0.453. The maximum absolute atomic E-state index is 11.8. The molecular formula is C10H16N2OS. The summed E-state index contributed by atoms with van der Waals surface area (Å²) in [4.78, 5) is 13.5. The van der Waals surface area contributed by atoms with Gasteiger partial charge in [-0.05, 0) is 18.6 Å². The second kappa shape index (κ2) is 5.26. The summed E-state index contributed by atoms with van der Waals surface area (Å²) in [7, 11) is 1.82. The molecule has 1 amide bonds. The van der Waals surface area contributed by atoms with E-state index in [0.717, 1.165) is 17.9 Å². The maximum Gasteiger partial charge on any atom is 0.239 e. The van der Waals surface area contributed by atoms with E-state index >= 15 is 0 Å². The fourth-order valence-corrected chi connectivity index (χ4v) is 2.84. The van der Waals surface area contributed by atoms with E-state index in [-0.39, 0.29) is 5.91 Å². The van der Waals surface area contributed by atoms with E-state index in [1.807, 2.05) is 25.7 Å². The second-order valence-electron chi connectivity index (χ2n) is 3.56. The molecular weight excluding hydrogens is 196 g/mol. The molecule has 0 radical (unpaired) electrons. The third-order valence-corrected chi connectivity index (χ3v) is 3.81. The minimum Gasteiger partial charge on any atom is -0.341 e. The van der Waals surface area contributed by atoms with E-state index in [4.69, 9.17) is 5.26 Å². The molecule has 3 nitrogen and oxygen atoms in total. The van der Waals surface area contributed by atoms with Gasteiger partial charge in [0.05, 0.1) is 6.07 Å². The number of carbonyl (C=O) groups is 1. The lowest BCUT2D eigenvalue weighted by Gasteiger charge is -2.25. The van der Waals surface area contributed by atoms with Gasteiger partial charge in [0, 0.05) is 18.8 Å². The summed E-state index contributed by atoms with van der Waals surface area (Å²) in [6.45, 7) is 1.88. The molecule has 2 atom stereocenters. The number of amides is 1. The van der Waals surface area contributed by atoms with E-state index in [1.54, 1.807) is 4.90 Å². The number of nitrogens with zero attached hydrogens (tertiary/aromatic N) is 2. The van der Waals surface area contributed by atoms with Crippen molar-refractivity contribution in [3.63, 3.8) is 0 Å². The average Bonchev–Trinajstić information content (AvgIpc) is 2.71. The first kappa shape index (κ1) is 11.4. The van der Waals surface area contributed by atoms with Crippen molar-refractivity contribution in [2.45, 2.75) is 25.8 Å². The van der Waals surface area contributed by atoms with Crippen molar-refractivity contribution in [3.8, 4) is 6.07 Å². The summed E-state index contributed by atoms with van der Waals surface area (Å²) in [6.07, 6.45) is 1.67. The zero-order chi connectivity index (χ0) is 10.6. The summed E-state index contributed by atoms with van der Waals surface area (Å²) in [5, 5.41) is 8.79. The number of hydrogen-bond donors (Lipinski definition) is 0. The van der Waals surface area contributed by atoms with Gasteiger partial charge in [-0.25, -0.2) is 0 Å². The van der Waals surface area contributed by atoms with Gasteiger partial charge in [-0.15, -0.1) is 0 Å². The second-order valence-corrected chi connectivity index (χ2v) is 4.71. The van der Waals surface area contributed by atoms with Crippen LogP contribution in [0.3, 0.4) is 0 Å². The molecule has 4 heteroatoms. The van der Waals surface area contributed by atoms with E-state index < -0.39 is 5.92 Å². The first-order valence-electron chi connectivity index (χ1n) is 4.94. The summed E-state index contributed by atoms with van der Waals surface area (Å²) < 4.78 is 0. The Morgan fingerprint density at radius 2 is 2.50 bits per heavy atom. The Morgan fingerprint density at radius 3 is 2.93 bits per heavy atom. The molecule has 2 unspecified atom stereocenters. The number of thioether (sulfide) groups is 1. The zero-order valence-corrected chi connectivity index (χ0v) is 9.51. The van der Waals surface area contributed by atoms with Gasteiger partial charge in [0.25, 0.3) is 0 Å². The van der Waals surface area contributed by atoms with Gasteiger partial charge < -0.3 is 4.90 Å². The Labute approximate surface area is 89.5 Å². The molecule has 0 N–H and O–H groups in total. The van der Waals surface area contributed by atoms with Crippen LogP contribution in [0.1, 0.15) is 19.8 Å². The number of nitriles is 1. The predicted octanol–water partition coefficient (Wildman–Crippen LogP) is 1.50. The number of carbonyl (C=O) groups excluding carboxylic acids is 1. The number of hydrogen-bond acceptors (Lipinski definition) is 3. The van der Waals surface area contributed by atoms with Crippen molar-refractivity contribution in [2.24, 2.45) is 5.92 Å². The van der Waals surface area contributed by atoms with Gasteiger partial charge in [0.15, 0.2) is 0 Å². The average molecular weight is 212 g/mol. The smallest absolute Gasteiger partial charge is 0.239 e. The molecule has 1 fully saturated rings. The highest BCUT2D eigenvalue weighted by Crippen LogP contribution is 2.22. The quantitative estimate of drug-likeness (QED) is 0.712. The molecule has 0 spiro atoms. The van der Waals surface area contributed by atoms with Gasteiger partial charge in [0.2, 0.25) is 5.91 Å². The molecule has 1 aliphatic heterocycles. The maximum atomic E-state index is 11.8. The van der Waals surface area contributed by atoms with Crippen molar-refractivity contribution < 1.29 is 4.79 Å². The summed E-state index contributed by atoms with van der Waals surface area (Å²) in [6, 6.07) is 2.40. The van der Waals surface area contributed by atoms with Gasteiger partial charge in [-0.2, -0.15) is 17.0 Å². The third-order valence-electron chi connectivity index (χ3n) is 2.66. The lowest BCUT2D eigenvalue weighted by molar-refractivity contribution is -0.134. The Hall–Kier alpha value is -0.690. The molecule has 1 aliphatic rings. The zero-order valence-electron chi connectivity index (χ0n) is 8.69. The molecule has 0 aromatic rings. The van der Waals surface area contributed by atoms with Gasteiger partial charge >= 0.3 is 0 Å². The van der Waals surface area contributed by atoms with Crippen LogP contribution in [-0.2, 0) is 4.79 Å². The van der Waals surface area contributed by atoms with Gasteiger partial charge in [0.1, 0.15) is 5.92 Å². The molecule has 0 aliphatic carbocycles. The van der Waals surface area contributed by atoms with Crippen LogP contribution in [0.25, 0.3) is 0 Å². The molecule has 78 valence electrons. The van der Waals surface area contributed by atoms with Crippen LogP contribution in [-0.4, -0.2) is 35.4 Å². The molecule has 1 heterocycles. The van der Waals surface area contributed by atoms with E-state index in [2.05, 4.69) is 6.07 Å². The Kier molecular flexibility index (Phi) is 4.27. The van der Waals surface area contributed by atoms with E-state index in [1.165, 1.54) is 0 Å². The largest absolute Gasteiger partial charge is 0.341 e. The van der Waals surface area contributed by atoms with Gasteiger partial charge in [-0.3, -0.25) is 4.79 Å². The lowest BCUT2D eigenvalue weighted by Crippen LogP contribution is -2.40. The van der Waals surface area contributed by atoms with Crippen molar-refractivity contribution in [1.29, 1.82) is 5.26 Å². The molecule has 0 bridgehead atoms. The van der Waals surface area contributed by atoms with Crippen LogP contribution in [0.15, 0.2) is 0 Å². The van der Waals surface area contributed by atoms with Crippen molar-refractivity contribution in [2.75, 3.05) is 18.6 Å². The standard InChI is InChI=1S/C10H16N2OS/c1-3-8(6-11)10(13)12(2)9-4-5-14-7-9/h8-9H,3-5,7H2,1-2H3. The molecule has 14 heavy (non-hydrogen) atoms. The summed E-state index contributed by atoms with van der Waals surface area (Å²) >= 11 is 1.88. The first-order valence-corrected chi connectivity index (χ1v) is 6.10. The SMILES string of the molecule is CCC(C#N)C(=O)N(C)C1CCSC1. The third kappa shape index (κ3) is 2.42. The highest BCUT2D eigenvalue weighted by molar-refractivity contribution is 7.99. The van der Waals surface area contributed by atoms with E-state index in [0.29, 0.717) is 12.5 Å². The van der Waals surface area contributed by atoms with E-state index in [9.17, 15) is 4.79 Å². The first-order chi connectivity index (χ1) is 6.70. The number of rotatable bonds is 3. The molecule has 1 saturated heterocycles. The monoisotopic (exact) mass is 212 g/mol. The van der Waals surface area contributed by atoms with Crippen LogP contribution in [0.5, 0.6) is 0 Å². The lowest BCUT2D eigenvalue weighted by atomic mass is 10.1. The Bertz CT molecular complexity index is 243. The van der Waals surface area contributed by atoms with Crippen LogP contribution >= 0.6 is 11.8 Å². The summed E-state index contributed by atoms with van der Waals surface area (Å²) in [5.41, 5.74) is 0. The molecule has 0 aromatic carbocycles.